The van der Waals surface area contributed by atoms with Gasteiger partial charge in [0.25, 0.3) is 0 Å². The number of rotatable bonds is 5. The molecule has 2 nitrogen and oxygen atoms in total. The van der Waals surface area contributed by atoms with Crippen LogP contribution in [0.5, 0.6) is 0 Å². The summed E-state index contributed by atoms with van der Waals surface area (Å²) in [5, 5.41) is 0. The van der Waals surface area contributed by atoms with E-state index in [-0.39, 0.29) is 0 Å². The summed E-state index contributed by atoms with van der Waals surface area (Å²) in [5.41, 5.74) is 1.01. The molecule has 0 bridgehead atoms. The Morgan fingerprint density at radius 3 is 1.70 bits per heavy atom. The Morgan fingerprint density at radius 1 is 0.739 bits per heavy atom. The molecule has 2 heterocycles. The fourth-order valence-electron chi connectivity index (χ4n) is 4.70. The molecular formula is C21H42N2. The van der Waals surface area contributed by atoms with Crippen LogP contribution in [-0.2, 0) is 0 Å². The molecule has 0 N–H and O–H groups in total. The van der Waals surface area contributed by atoms with Crippen LogP contribution in [0.3, 0.4) is 0 Å². The van der Waals surface area contributed by atoms with Gasteiger partial charge in [0.15, 0.2) is 0 Å². The van der Waals surface area contributed by atoms with Gasteiger partial charge in [0.2, 0.25) is 0 Å². The van der Waals surface area contributed by atoms with E-state index in [4.69, 9.17) is 0 Å². The van der Waals surface area contributed by atoms with Crippen molar-refractivity contribution >= 4 is 0 Å². The van der Waals surface area contributed by atoms with Crippen molar-refractivity contribution in [2.75, 3.05) is 39.3 Å². The number of hydrogen-bond donors (Lipinski definition) is 0. The van der Waals surface area contributed by atoms with Crippen molar-refractivity contribution < 1.29 is 0 Å². The van der Waals surface area contributed by atoms with Crippen molar-refractivity contribution in [3.63, 3.8) is 0 Å². The molecule has 2 aliphatic heterocycles. The average Bonchev–Trinajstić information content (AvgIpc) is 2.53. The molecule has 2 heteroatoms. The smallest absolute Gasteiger partial charge is 0.00135 e. The highest BCUT2D eigenvalue weighted by atomic mass is 15.1. The van der Waals surface area contributed by atoms with Gasteiger partial charge in [0.05, 0.1) is 0 Å². The zero-order valence-corrected chi connectivity index (χ0v) is 16.8. The second kappa shape index (κ2) is 7.87. The molecule has 0 aromatic heterocycles. The van der Waals surface area contributed by atoms with Gasteiger partial charge in [-0.25, -0.2) is 0 Å². The molecule has 2 rings (SSSR count). The number of piperidine rings is 2. The van der Waals surface area contributed by atoms with Crippen LogP contribution in [0.15, 0.2) is 0 Å². The van der Waals surface area contributed by atoms with Crippen LogP contribution in [-0.4, -0.2) is 49.1 Å². The molecular weight excluding hydrogens is 280 g/mol. The predicted octanol–water partition coefficient (Wildman–Crippen LogP) is 4.89. The standard InChI is InChI=1S/C21H42N2/c1-7-22-13-10-19(11-14-22)21(5,6)12-17-23-15-8-18(9-16-23)20(2,3)4/h18-19H,7-17H2,1-6H3. The molecule has 0 radical (unpaired) electrons. The monoisotopic (exact) mass is 322 g/mol. The van der Waals surface area contributed by atoms with Crippen LogP contribution < -0.4 is 0 Å². The summed E-state index contributed by atoms with van der Waals surface area (Å²) in [6.45, 7) is 22.4. The number of likely N-dealkylation sites (tertiary alicyclic amines) is 2. The summed E-state index contributed by atoms with van der Waals surface area (Å²) < 4.78 is 0. The van der Waals surface area contributed by atoms with Gasteiger partial charge in [-0.1, -0.05) is 41.5 Å². The Morgan fingerprint density at radius 2 is 1.22 bits per heavy atom. The van der Waals surface area contributed by atoms with Gasteiger partial charge in [-0.2, -0.15) is 0 Å². The summed E-state index contributed by atoms with van der Waals surface area (Å²) in [6, 6.07) is 0. The first-order valence-electron chi connectivity index (χ1n) is 10.2. The van der Waals surface area contributed by atoms with Gasteiger partial charge in [-0.3, -0.25) is 0 Å². The molecule has 136 valence electrons. The molecule has 0 aromatic rings. The molecule has 2 aliphatic rings. The summed E-state index contributed by atoms with van der Waals surface area (Å²) in [6.07, 6.45) is 7.00. The Bertz CT molecular complexity index is 339. The van der Waals surface area contributed by atoms with Crippen molar-refractivity contribution in [3.05, 3.63) is 0 Å². The van der Waals surface area contributed by atoms with Crippen LogP contribution in [0, 0.1) is 22.7 Å². The lowest BCUT2D eigenvalue weighted by molar-refractivity contribution is 0.0680. The van der Waals surface area contributed by atoms with E-state index in [2.05, 4.69) is 51.3 Å². The molecule has 0 spiro atoms. The molecule has 0 amide bonds. The lowest BCUT2D eigenvalue weighted by Gasteiger charge is -2.43. The van der Waals surface area contributed by atoms with Crippen molar-refractivity contribution in [2.24, 2.45) is 22.7 Å². The topological polar surface area (TPSA) is 6.48 Å². The van der Waals surface area contributed by atoms with Crippen molar-refractivity contribution in [1.29, 1.82) is 0 Å². The van der Waals surface area contributed by atoms with E-state index in [0.717, 1.165) is 11.8 Å². The van der Waals surface area contributed by atoms with Crippen molar-refractivity contribution in [2.45, 2.75) is 73.6 Å². The largest absolute Gasteiger partial charge is 0.304 e. The van der Waals surface area contributed by atoms with Crippen LogP contribution in [0.4, 0.5) is 0 Å². The van der Waals surface area contributed by atoms with Gasteiger partial charge in [0.1, 0.15) is 0 Å². The lowest BCUT2D eigenvalue weighted by atomic mass is 9.71. The van der Waals surface area contributed by atoms with Crippen molar-refractivity contribution in [1.82, 2.24) is 9.80 Å². The third kappa shape index (κ3) is 5.46. The van der Waals surface area contributed by atoms with E-state index in [1.54, 1.807) is 0 Å². The minimum atomic E-state index is 0.499. The van der Waals surface area contributed by atoms with E-state index >= 15 is 0 Å². The number of hydrogen-bond acceptors (Lipinski definition) is 2. The molecule has 0 saturated carbocycles. The Balaban J connectivity index is 1.73. The maximum atomic E-state index is 2.74. The van der Waals surface area contributed by atoms with E-state index in [1.807, 2.05) is 0 Å². The van der Waals surface area contributed by atoms with E-state index in [0.29, 0.717) is 10.8 Å². The second-order valence-electron chi connectivity index (χ2n) is 9.93. The third-order valence-electron chi connectivity index (χ3n) is 7.02. The van der Waals surface area contributed by atoms with E-state index < -0.39 is 0 Å². The van der Waals surface area contributed by atoms with Crippen LogP contribution >= 0.6 is 0 Å². The molecule has 0 aromatic carbocycles. The quantitative estimate of drug-likeness (QED) is 0.711. The first-order valence-corrected chi connectivity index (χ1v) is 10.2. The maximum absolute atomic E-state index is 2.74. The van der Waals surface area contributed by atoms with Gasteiger partial charge in [-0.15, -0.1) is 0 Å². The summed E-state index contributed by atoms with van der Waals surface area (Å²) in [5.74, 6) is 1.85. The first-order chi connectivity index (χ1) is 10.7. The molecule has 0 unspecified atom stereocenters. The second-order valence-corrected chi connectivity index (χ2v) is 9.93. The molecule has 0 aliphatic carbocycles. The molecule has 23 heavy (non-hydrogen) atoms. The van der Waals surface area contributed by atoms with Gasteiger partial charge >= 0.3 is 0 Å². The van der Waals surface area contributed by atoms with Crippen LogP contribution in [0.1, 0.15) is 73.6 Å². The Labute approximate surface area is 146 Å². The molecule has 2 fully saturated rings. The van der Waals surface area contributed by atoms with Crippen LogP contribution in [0.25, 0.3) is 0 Å². The molecule has 0 atom stereocenters. The zero-order chi connectivity index (χ0) is 17.1. The van der Waals surface area contributed by atoms with Crippen LogP contribution in [0.2, 0.25) is 0 Å². The van der Waals surface area contributed by atoms with Gasteiger partial charge in [-0.05, 0) is 94.0 Å². The van der Waals surface area contributed by atoms with E-state index in [1.165, 1.54) is 71.4 Å². The SMILES string of the molecule is CCN1CCC(C(C)(C)CCN2CCC(C(C)(C)C)CC2)CC1. The fraction of sp³-hybridized carbons (Fsp3) is 1.00. The summed E-state index contributed by atoms with van der Waals surface area (Å²) in [4.78, 5) is 5.36. The minimum absolute atomic E-state index is 0.499. The Hall–Kier alpha value is -0.0800. The normalized spacial score (nSPS) is 24.3. The number of nitrogens with zero attached hydrogens (tertiary/aromatic N) is 2. The zero-order valence-electron chi connectivity index (χ0n) is 16.8. The molecule has 2 saturated heterocycles. The highest BCUT2D eigenvalue weighted by Gasteiger charge is 2.33. The highest BCUT2D eigenvalue weighted by molar-refractivity contribution is 4.86. The predicted molar refractivity (Wildman–Crippen MR) is 102 cm³/mol. The van der Waals surface area contributed by atoms with E-state index in [9.17, 15) is 0 Å². The van der Waals surface area contributed by atoms with Gasteiger partial charge < -0.3 is 9.80 Å². The minimum Gasteiger partial charge on any atom is -0.304 e. The average molecular weight is 323 g/mol. The Kier molecular flexibility index (Phi) is 6.58. The fourth-order valence-corrected chi connectivity index (χ4v) is 4.70. The van der Waals surface area contributed by atoms with Crippen molar-refractivity contribution in [3.8, 4) is 0 Å². The van der Waals surface area contributed by atoms with Gasteiger partial charge in [0, 0.05) is 0 Å². The third-order valence-corrected chi connectivity index (χ3v) is 7.02. The summed E-state index contributed by atoms with van der Waals surface area (Å²) in [7, 11) is 0. The first kappa shape index (κ1) is 19.2. The highest BCUT2D eigenvalue weighted by Crippen LogP contribution is 2.39. The maximum Gasteiger partial charge on any atom is -0.00135 e. The lowest BCUT2D eigenvalue weighted by Crippen LogP contribution is -2.42. The summed E-state index contributed by atoms with van der Waals surface area (Å²) >= 11 is 0.